The third kappa shape index (κ3) is 3.22. The van der Waals surface area contributed by atoms with Gasteiger partial charge in [-0.25, -0.2) is 17.9 Å². The quantitative estimate of drug-likeness (QED) is 0.677. The summed E-state index contributed by atoms with van der Waals surface area (Å²) in [7, 11) is -3.77. The molecular formula is C20H23N5O4S. The molecule has 30 heavy (non-hydrogen) atoms. The molecule has 3 fully saturated rings. The number of nitrogens with one attached hydrogen (secondary N) is 1. The van der Waals surface area contributed by atoms with E-state index in [1.807, 2.05) is 13.1 Å². The van der Waals surface area contributed by atoms with Gasteiger partial charge in [0.2, 0.25) is 10.0 Å². The first-order valence-corrected chi connectivity index (χ1v) is 11.7. The van der Waals surface area contributed by atoms with Gasteiger partial charge in [-0.3, -0.25) is 13.9 Å². The molecule has 1 aromatic carbocycles. The largest absolute Gasteiger partial charge is 0.331 e. The Morgan fingerprint density at radius 3 is 2.53 bits per heavy atom. The van der Waals surface area contributed by atoms with Crippen molar-refractivity contribution in [3.63, 3.8) is 0 Å². The number of likely N-dealkylation sites (tertiary alicyclic amines) is 1. The number of rotatable bonds is 6. The van der Waals surface area contributed by atoms with E-state index >= 15 is 0 Å². The highest BCUT2D eigenvalue weighted by atomic mass is 32.2. The molecule has 1 aromatic heterocycles. The second-order valence-electron chi connectivity index (χ2n) is 9.02. The monoisotopic (exact) mass is 429 g/mol. The van der Waals surface area contributed by atoms with Gasteiger partial charge < -0.3 is 4.90 Å². The molecule has 2 aliphatic carbocycles. The summed E-state index contributed by atoms with van der Waals surface area (Å²) < 4.78 is 31.1. The molecule has 2 aromatic rings. The Balaban J connectivity index is 1.66. The lowest BCUT2D eigenvalue weighted by molar-refractivity contribution is 0.167. The number of hydrogen-bond acceptors (Lipinski definition) is 6. The molecule has 1 aliphatic heterocycles. The standard InChI is InChI=1S/C20H23N5O4S/c1-20(6-7-20)22-30(28,29)15-4-5-17-16(8-15)18(26)25(14-10-23(11-14)12-21)19(27)24(17)9-13-2-3-13/h4-5,8,13-14,22H,2-3,6-7,9-11H2,1H3. The number of fused-ring (bicyclic) bond motifs is 1. The van der Waals surface area contributed by atoms with Crippen molar-refractivity contribution >= 4 is 20.9 Å². The highest BCUT2D eigenvalue weighted by molar-refractivity contribution is 7.89. The fraction of sp³-hybridized carbons (Fsp3) is 0.550. The highest BCUT2D eigenvalue weighted by Crippen LogP contribution is 2.36. The molecule has 9 nitrogen and oxygen atoms in total. The smallest absolute Gasteiger partial charge is 0.306 e. The van der Waals surface area contributed by atoms with E-state index < -0.39 is 21.1 Å². The fourth-order valence-electron chi connectivity index (χ4n) is 3.97. The normalized spacial score (nSPS) is 20.7. The number of nitrogens with zero attached hydrogens (tertiary/aromatic N) is 4. The van der Waals surface area contributed by atoms with Crippen molar-refractivity contribution in [2.45, 2.75) is 55.6 Å². The van der Waals surface area contributed by atoms with Crippen LogP contribution in [0.15, 0.2) is 32.7 Å². The van der Waals surface area contributed by atoms with Crippen LogP contribution in [0.1, 0.15) is 38.6 Å². The van der Waals surface area contributed by atoms with Gasteiger partial charge in [-0.2, -0.15) is 5.26 Å². The number of nitriles is 1. The molecule has 5 rings (SSSR count). The van der Waals surface area contributed by atoms with Gasteiger partial charge in [0.15, 0.2) is 6.19 Å². The van der Waals surface area contributed by atoms with E-state index in [0.717, 1.165) is 25.7 Å². The van der Waals surface area contributed by atoms with E-state index in [2.05, 4.69) is 4.72 Å². The average Bonchev–Trinajstić information content (AvgIpc) is 3.58. The molecule has 0 radical (unpaired) electrons. The van der Waals surface area contributed by atoms with Gasteiger partial charge in [-0.15, -0.1) is 0 Å². The first-order valence-electron chi connectivity index (χ1n) is 10.2. The maximum absolute atomic E-state index is 13.2. The summed E-state index contributed by atoms with van der Waals surface area (Å²) >= 11 is 0. The molecule has 2 heterocycles. The summed E-state index contributed by atoms with van der Waals surface area (Å²) in [5.74, 6) is 0.397. The second kappa shape index (κ2) is 6.43. The maximum atomic E-state index is 13.2. The van der Waals surface area contributed by atoms with E-state index in [9.17, 15) is 18.0 Å². The maximum Gasteiger partial charge on any atom is 0.331 e. The first-order chi connectivity index (χ1) is 14.2. The third-order valence-corrected chi connectivity index (χ3v) is 7.98. The van der Waals surface area contributed by atoms with Crippen molar-refractivity contribution in [2.75, 3.05) is 13.1 Å². The van der Waals surface area contributed by atoms with Gasteiger partial charge >= 0.3 is 5.69 Å². The van der Waals surface area contributed by atoms with Crippen molar-refractivity contribution in [3.05, 3.63) is 39.0 Å². The lowest BCUT2D eigenvalue weighted by Crippen LogP contribution is -2.53. The van der Waals surface area contributed by atoms with Gasteiger partial charge in [-0.1, -0.05) is 0 Å². The van der Waals surface area contributed by atoms with Crippen LogP contribution in [0.3, 0.4) is 0 Å². The van der Waals surface area contributed by atoms with E-state index in [0.29, 0.717) is 31.1 Å². The van der Waals surface area contributed by atoms with Crippen molar-refractivity contribution < 1.29 is 8.42 Å². The average molecular weight is 430 g/mol. The Kier molecular flexibility index (Phi) is 4.14. The molecule has 0 bridgehead atoms. The first kappa shape index (κ1) is 19.3. The lowest BCUT2D eigenvalue weighted by Gasteiger charge is -2.35. The number of hydrogen-bond donors (Lipinski definition) is 1. The molecule has 0 atom stereocenters. The summed E-state index contributed by atoms with van der Waals surface area (Å²) in [6.07, 6.45) is 5.65. The van der Waals surface area contributed by atoms with Crippen molar-refractivity contribution in [2.24, 2.45) is 5.92 Å². The predicted molar refractivity (Wildman–Crippen MR) is 109 cm³/mol. The van der Waals surface area contributed by atoms with Gasteiger partial charge in [0.25, 0.3) is 5.56 Å². The van der Waals surface area contributed by atoms with Crippen LogP contribution < -0.4 is 16.0 Å². The van der Waals surface area contributed by atoms with Crippen LogP contribution in [0, 0.1) is 17.4 Å². The number of benzene rings is 1. The summed E-state index contributed by atoms with van der Waals surface area (Å²) in [5.41, 5.74) is -0.854. The Morgan fingerprint density at radius 1 is 1.23 bits per heavy atom. The summed E-state index contributed by atoms with van der Waals surface area (Å²) in [5, 5.41) is 9.22. The zero-order valence-electron chi connectivity index (χ0n) is 16.7. The SMILES string of the molecule is CC1(NS(=O)(=O)c2ccc3c(c2)c(=O)n(C2CN(C#N)C2)c(=O)n3CC2CC2)CC1. The van der Waals surface area contributed by atoms with E-state index in [1.165, 1.54) is 21.6 Å². The van der Waals surface area contributed by atoms with Crippen molar-refractivity contribution in [1.82, 2.24) is 18.8 Å². The van der Waals surface area contributed by atoms with Crippen LogP contribution >= 0.6 is 0 Å². The molecule has 0 unspecified atom stereocenters. The van der Waals surface area contributed by atoms with Gasteiger partial charge in [0.05, 0.1) is 34.9 Å². The second-order valence-corrected chi connectivity index (χ2v) is 10.7. The summed E-state index contributed by atoms with van der Waals surface area (Å²) in [4.78, 5) is 27.9. The van der Waals surface area contributed by atoms with E-state index in [4.69, 9.17) is 5.26 Å². The zero-order valence-corrected chi connectivity index (χ0v) is 17.5. The molecule has 1 N–H and O–H groups in total. The van der Waals surface area contributed by atoms with Crippen molar-refractivity contribution in [1.29, 1.82) is 5.26 Å². The molecular weight excluding hydrogens is 406 g/mol. The minimum absolute atomic E-state index is 0.0238. The zero-order chi connectivity index (χ0) is 21.3. The van der Waals surface area contributed by atoms with Crippen molar-refractivity contribution in [3.8, 4) is 6.19 Å². The Hall–Kier alpha value is -2.64. The van der Waals surface area contributed by atoms with Crippen LogP contribution in [0.5, 0.6) is 0 Å². The fourth-order valence-corrected chi connectivity index (χ4v) is 5.46. The Bertz CT molecular complexity index is 1310. The van der Waals surface area contributed by atoms with Gasteiger partial charge in [-0.05, 0) is 56.7 Å². The minimum Gasteiger partial charge on any atom is -0.306 e. The minimum atomic E-state index is -3.77. The third-order valence-electron chi connectivity index (χ3n) is 6.34. The van der Waals surface area contributed by atoms with E-state index in [-0.39, 0.29) is 22.0 Å². The summed E-state index contributed by atoms with van der Waals surface area (Å²) in [6, 6.07) is 4.02. The molecule has 2 saturated carbocycles. The van der Waals surface area contributed by atoms with Gasteiger partial charge in [0.1, 0.15) is 0 Å². The lowest BCUT2D eigenvalue weighted by atomic mass is 10.1. The highest BCUT2D eigenvalue weighted by Gasteiger charge is 2.41. The molecule has 0 spiro atoms. The number of aromatic nitrogens is 2. The summed E-state index contributed by atoms with van der Waals surface area (Å²) in [6.45, 7) is 2.97. The Labute approximate surface area is 173 Å². The Morgan fingerprint density at radius 2 is 1.93 bits per heavy atom. The molecule has 10 heteroatoms. The van der Waals surface area contributed by atoms with Crippen LogP contribution in [0.2, 0.25) is 0 Å². The number of sulfonamides is 1. The van der Waals surface area contributed by atoms with Crippen LogP contribution in [0.4, 0.5) is 0 Å². The molecule has 1 saturated heterocycles. The molecule has 0 amide bonds. The van der Waals surface area contributed by atoms with Gasteiger partial charge in [0, 0.05) is 12.1 Å². The molecule has 3 aliphatic rings. The van der Waals surface area contributed by atoms with E-state index in [1.54, 1.807) is 10.6 Å². The van der Waals surface area contributed by atoms with Crippen LogP contribution in [0.25, 0.3) is 10.9 Å². The van der Waals surface area contributed by atoms with Crippen LogP contribution in [-0.2, 0) is 16.6 Å². The topological polar surface area (TPSA) is 117 Å². The molecule has 158 valence electrons. The van der Waals surface area contributed by atoms with Crippen LogP contribution in [-0.4, -0.2) is 41.1 Å². The predicted octanol–water partition coefficient (Wildman–Crippen LogP) is 0.742.